The second-order valence-corrected chi connectivity index (χ2v) is 7.73. The second-order valence-electron chi connectivity index (χ2n) is 7.73. The van der Waals surface area contributed by atoms with Gasteiger partial charge in [0, 0.05) is 0 Å². The minimum Gasteiger partial charge on any atom is -0.870 e. The number of fused-ring (bicyclic) bond motifs is 2. The third-order valence-corrected chi connectivity index (χ3v) is 4.86. The number of rotatable bonds is 6. The van der Waals surface area contributed by atoms with Gasteiger partial charge in [0.05, 0.1) is 31.5 Å². The predicted octanol–water partition coefficient (Wildman–Crippen LogP) is 1.04. The Kier molecular flexibility index (Phi) is 13.5. The number of aromatic carboxylic acids is 1. The SMILES string of the molecule is COC(=O)c1ccc2c(c1)OCC(COC(F)(F)F)O2.O=C(O)c1ccc2c(c1)OCC(COC(F)(F)F)O2.[Na+].[OH-]. The minimum absolute atomic E-state index is 0. The molecule has 2 aromatic carbocycles. The molecule has 0 bridgehead atoms. The van der Waals surface area contributed by atoms with Gasteiger partial charge in [-0.15, -0.1) is 26.3 Å². The molecular weight excluding hydrogens is 589 g/mol. The van der Waals surface area contributed by atoms with Crippen LogP contribution in [0.4, 0.5) is 26.3 Å². The Hall–Kier alpha value is -2.96. The van der Waals surface area contributed by atoms with Crippen molar-refractivity contribution in [3.05, 3.63) is 47.5 Å². The number of carbonyl (C=O) groups excluding carboxylic acids is 1. The molecule has 2 unspecified atom stereocenters. The molecule has 0 aliphatic carbocycles. The third-order valence-electron chi connectivity index (χ3n) is 4.86. The first-order chi connectivity index (χ1) is 18.2. The molecule has 11 nitrogen and oxygen atoms in total. The van der Waals surface area contributed by atoms with E-state index >= 15 is 0 Å². The van der Waals surface area contributed by atoms with Gasteiger partial charge in [0.25, 0.3) is 0 Å². The van der Waals surface area contributed by atoms with Crippen molar-refractivity contribution in [1.82, 2.24) is 0 Å². The number of esters is 1. The summed E-state index contributed by atoms with van der Waals surface area (Å²) in [5.41, 5.74) is 0.271. The first-order valence-electron chi connectivity index (χ1n) is 10.8. The van der Waals surface area contributed by atoms with Gasteiger partial charge in [-0.05, 0) is 36.4 Å². The molecule has 2 aliphatic rings. The standard InChI is InChI=1S/C12H11F3O5.C11H9F3O5.Na.H2O/c1-17-11(16)7-2-3-9-10(4-7)18-5-8(20-9)6-19-12(13,14)15;12-11(13,14)18-5-7-4-17-9-3-6(10(15)16)1-2-8(9)19-7;;/h2-4,8H,5-6H2,1H3;1-3,7H,4-5H2,(H,15,16);;1H2/q;;+1;/p-1. The third kappa shape index (κ3) is 11.4. The van der Waals surface area contributed by atoms with Gasteiger partial charge in [-0.2, -0.15) is 0 Å². The number of carboxylic acid groups (broad SMARTS) is 1. The number of hydrogen-bond donors (Lipinski definition) is 1. The minimum atomic E-state index is -4.73. The van der Waals surface area contributed by atoms with Crippen molar-refractivity contribution in [1.29, 1.82) is 0 Å². The van der Waals surface area contributed by atoms with E-state index in [-0.39, 0.29) is 82.4 Å². The number of ether oxygens (including phenoxy) is 7. The van der Waals surface area contributed by atoms with Crippen LogP contribution in [0.3, 0.4) is 0 Å². The summed E-state index contributed by atoms with van der Waals surface area (Å²) in [7, 11) is 1.24. The molecule has 0 spiro atoms. The molecule has 18 heteroatoms. The molecule has 4 rings (SSSR count). The maximum atomic E-state index is 11.9. The van der Waals surface area contributed by atoms with Crippen LogP contribution < -0.4 is 48.5 Å². The number of alkyl halides is 6. The molecule has 2 heterocycles. The van der Waals surface area contributed by atoms with Gasteiger partial charge in [-0.1, -0.05) is 0 Å². The monoisotopic (exact) mass is 610 g/mol. The molecule has 0 saturated heterocycles. The van der Waals surface area contributed by atoms with E-state index in [4.69, 9.17) is 24.1 Å². The van der Waals surface area contributed by atoms with Crippen molar-refractivity contribution in [2.45, 2.75) is 24.9 Å². The van der Waals surface area contributed by atoms with E-state index in [1.54, 1.807) is 0 Å². The van der Waals surface area contributed by atoms with Crippen LogP contribution in [0.15, 0.2) is 36.4 Å². The van der Waals surface area contributed by atoms with Crippen molar-refractivity contribution < 1.29 is 109 Å². The Morgan fingerprint density at radius 1 is 0.805 bits per heavy atom. The summed E-state index contributed by atoms with van der Waals surface area (Å²) in [4.78, 5) is 22.0. The molecule has 2 aliphatic heterocycles. The van der Waals surface area contributed by atoms with Gasteiger partial charge in [-0.3, -0.25) is 9.47 Å². The molecular formula is C23H21F6NaO11. The topological polar surface area (TPSA) is 149 Å². The zero-order valence-corrected chi connectivity index (χ0v) is 23.3. The summed E-state index contributed by atoms with van der Waals surface area (Å²) in [5.74, 6) is -0.779. The summed E-state index contributed by atoms with van der Waals surface area (Å²) in [5, 5.41) is 8.77. The fourth-order valence-corrected chi connectivity index (χ4v) is 3.15. The maximum Gasteiger partial charge on any atom is 1.00 e. The molecule has 2 N–H and O–H groups in total. The summed E-state index contributed by atoms with van der Waals surface area (Å²) in [6.45, 7) is -1.61. The van der Waals surface area contributed by atoms with Crippen LogP contribution in [-0.4, -0.2) is 81.0 Å². The van der Waals surface area contributed by atoms with E-state index < -0.39 is 50.1 Å². The summed E-state index contributed by atoms with van der Waals surface area (Å²) in [6, 6.07) is 8.12. The molecule has 0 fully saturated rings. The van der Waals surface area contributed by atoms with E-state index in [9.17, 15) is 35.9 Å². The van der Waals surface area contributed by atoms with E-state index in [1.165, 1.54) is 43.5 Å². The average molecular weight is 610 g/mol. The molecule has 2 aromatic rings. The normalized spacial score (nSPS) is 17.0. The van der Waals surface area contributed by atoms with Gasteiger partial charge in [0.1, 0.15) is 13.2 Å². The Bertz CT molecular complexity index is 1180. The Labute approximate surface area is 249 Å². The molecule has 0 aromatic heterocycles. The Morgan fingerprint density at radius 3 is 1.61 bits per heavy atom. The zero-order chi connectivity index (χ0) is 28.8. The van der Waals surface area contributed by atoms with Gasteiger partial charge in [-0.25, -0.2) is 9.59 Å². The molecule has 0 amide bonds. The van der Waals surface area contributed by atoms with Gasteiger partial charge >= 0.3 is 54.2 Å². The smallest absolute Gasteiger partial charge is 0.870 e. The van der Waals surface area contributed by atoms with Crippen LogP contribution in [0.2, 0.25) is 0 Å². The van der Waals surface area contributed by atoms with Gasteiger partial charge < -0.3 is 34.3 Å². The number of carboxylic acids is 1. The van der Waals surface area contributed by atoms with Crippen molar-refractivity contribution in [2.24, 2.45) is 0 Å². The van der Waals surface area contributed by atoms with Crippen LogP contribution >= 0.6 is 0 Å². The van der Waals surface area contributed by atoms with Crippen LogP contribution in [0.1, 0.15) is 20.7 Å². The number of carbonyl (C=O) groups is 2. The van der Waals surface area contributed by atoms with Crippen molar-refractivity contribution in [2.75, 3.05) is 33.5 Å². The maximum absolute atomic E-state index is 11.9. The fraction of sp³-hybridized carbons (Fsp3) is 0.391. The van der Waals surface area contributed by atoms with Crippen LogP contribution in [0.5, 0.6) is 23.0 Å². The van der Waals surface area contributed by atoms with Crippen LogP contribution in [-0.2, 0) is 14.2 Å². The number of benzene rings is 2. The Morgan fingerprint density at radius 2 is 1.22 bits per heavy atom. The predicted molar refractivity (Wildman–Crippen MR) is 117 cm³/mol. The number of methoxy groups -OCH3 is 1. The quantitative estimate of drug-likeness (QED) is 0.284. The summed E-state index contributed by atoms with van der Waals surface area (Å²) >= 11 is 0. The summed E-state index contributed by atoms with van der Waals surface area (Å²) < 4.78 is 104. The van der Waals surface area contributed by atoms with Gasteiger partial charge in [0.15, 0.2) is 35.2 Å². The average Bonchev–Trinajstić information content (AvgIpc) is 2.89. The van der Waals surface area contributed by atoms with E-state index in [2.05, 4.69) is 14.2 Å². The first kappa shape index (κ1) is 36.1. The molecule has 2 atom stereocenters. The molecule has 222 valence electrons. The Balaban J connectivity index is 0.000000391. The number of halogens is 6. The largest absolute Gasteiger partial charge is 1.00 e. The van der Waals surface area contributed by atoms with E-state index in [0.29, 0.717) is 0 Å². The van der Waals surface area contributed by atoms with E-state index in [1.807, 2.05) is 0 Å². The first-order valence-corrected chi connectivity index (χ1v) is 10.8. The summed E-state index contributed by atoms with van der Waals surface area (Å²) in [6.07, 6.45) is -11.2. The van der Waals surface area contributed by atoms with Gasteiger partial charge in [0.2, 0.25) is 0 Å². The second kappa shape index (κ2) is 15.3. The molecule has 41 heavy (non-hydrogen) atoms. The van der Waals surface area contributed by atoms with Crippen molar-refractivity contribution >= 4 is 11.9 Å². The van der Waals surface area contributed by atoms with Crippen LogP contribution in [0, 0.1) is 0 Å². The van der Waals surface area contributed by atoms with E-state index in [0.717, 1.165) is 0 Å². The van der Waals surface area contributed by atoms with Crippen molar-refractivity contribution in [3.63, 3.8) is 0 Å². The fourth-order valence-electron chi connectivity index (χ4n) is 3.15. The zero-order valence-electron chi connectivity index (χ0n) is 21.3. The molecule has 0 radical (unpaired) electrons. The van der Waals surface area contributed by atoms with Crippen molar-refractivity contribution in [3.8, 4) is 23.0 Å². The van der Waals surface area contributed by atoms with Crippen LogP contribution in [0.25, 0.3) is 0 Å². The molecule has 0 saturated carbocycles. The number of hydrogen-bond acceptors (Lipinski definition) is 10.